The smallest absolute Gasteiger partial charge is 0.241 e. The van der Waals surface area contributed by atoms with Gasteiger partial charge in [-0.3, -0.25) is 0 Å². The van der Waals surface area contributed by atoms with Gasteiger partial charge in [0.25, 0.3) is 0 Å². The van der Waals surface area contributed by atoms with Crippen molar-refractivity contribution in [3.05, 3.63) is 23.8 Å². The maximum atomic E-state index is 13.0. The minimum atomic E-state index is -4.41. The van der Waals surface area contributed by atoms with E-state index in [1.165, 1.54) is 25.5 Å². The van der Waals surface area contributed by atoms with E-state index in [0.29, 0.717) is 5.82 Å². The fraction of sp³-hybridized carbons (Fsp3) is 0.800. The number of halogens is 3. The zero-order valence-corrected chi connectivity index (χ0v) is 16.0. The second-order valence-corrected chi connectivity index (χ2v) is 7.30. The molecule has 0 aliphatic rings. The zero-order valence-electron chi connectivity index (χ0n) is 16.0. The molecule has 1 unspecified atom stereocenters. The largest absolute Gasteiger partial charge is 0.433 e. The minimum absolute atomic E-state index is 0.356. The molecule has 5 heteroatoms. The van der Waals surface area contributed by atoms with E-state index in [2.05, 4.69) is 23.8 Å². The van der Waals surface area contributed by atoms with Gasteiger partial charge in [-0.05, 0) is 18.9 Å². The molecule has 144 valence electrons. The summed E-state index contributed by atoms with van der Waals surface area (Å²) in [5, 5.41) is 0. The molecule has 1 heterocycles. The van der Waals surface area contributed by atoms with Gasteiger partial charge < -0.3 is 0 Å². The highest BCUT2D eigenvalue weighted by Crippen LogP contribution is 2.35. The lowest BCUT2D eigenvalue weighted by Gasteiger charge is -2.29. The van der Waals surface area contributed by atoms with Gasteiger partial charge in [-0.15, -0.1) is 0 Å². The topological polar surface area (TPSA) is 25.8 Å². The third-order valence-electron chi connectivity index (χ3n) is 4.90. The first-order valence-electron chi connectivity index (χ1n) is 9.74. The van der Waals surface area contributed by atoms with Crippen molar-refractivity contribution in [2.24, 2.45) is 0 Å². The highest BCUT2D eigenvalue weighted by atomic mass is 19.4. The molecule has 0 saturated carbocycles. The van der Waals surface area contributed by atoms with Crippen molar-refractivity contribution in [2.45, 2.75) is 103 Å². The summed E-state index contributed by atoms with van der Waals surface area (Å²) >= 11 is 0. The Morgan fingerprint density at radius 2 is 1.36 bits per heavy atom. The van der Waals surface area contributed by atoms with Crippen LogP contribution in [0.5, 0.6) is 0 Å². The van der Waals surface area contributed by atoms with Gasteiger partial charge in [0.05, 0.1) is 0 Å². The van der Waals surface area contributed by atoms with E-state index in [0.717, 1.165) is 57.4 Å². The van der Waals surface area contributed by atoms with Gasteiger partial charge >= 0.3 is 6.18 Å². The number of hydrogen-bond donors (Lipinski definition) is 0. The maximum Gasteiger partial charge on any atom is 0.433 e. The molecule has 25 heavy (non-hydrogen) atoms. The Bertz CT molecular complexity index is 488. The Hall–Kier alpha value is -1.13. The van der Waals surface area contributed by atoms with Crippen LogP contribution in [0.2, 0.25) is 0 Å². The fourth-order valence-corrected chi connectivity index (χ4v) is 3.22. The molecule has 1 rings (SSSR count). The quantitative estimate of drug-likeness (QED) is 0.373. The van der Waals surface area contributed by atoms with Crippen LogP contribution in [0.15, 0.2) is 12.3 Å². The van der Waals surface area contributed by atoms with Crippen LogP contribution in [0.4, 0.5) is 13.2 Å². The lowest BCUT2D eigenvalue weighted by atomic mass is 9.78. The number of rotatable bonds is 12. The average molecular weight is 358 g/mol. The molecule has 1 aromatic heterocycles. The molecule has 0 fully saturated rings. The van der Waals surface area contributed by atoms with E-state index in [9.17, 15) is 13.2 Å². The van der Waals surface area contributed by atoms with Crippen LogP contribution in [-0.2, 0) is 11.6 Å². The van der Waals surface area contributed by atoms with Crippen LogP contribution in [0, 0.1) is 0 Å². The Morgan fingerprint density at radius 1 is 0.840 bits per heavy atom. The van der Waals surface area contributed by atoms with Crippen molar-refractivity contribution in [2.75, 3.05) is 0 Å². The SMILES string of the molecule is CCCCCCCC(C)(CCCCCC)c1nccc(C(F)(F)F)n1. The Balaban J connectivity index is 2.85. The van der Waals surface area contributed by atoms with Gasteiger partial charge in [-0.2, -0.15) is 13.2 Å². The first kappa shape index (κ1) is 21.9. The van der Waals surface area contributed by atoms with Crippen LogP contribution in [0.25, 0.3) is 0 Å². The van der Waals surface area contributed by atoms with Crippen LogP contribution in [-0.4, -0.2) is 9.97 Å². The van der Waals surface area contributed by atoms with Crippen molar-refractivity contribution < 1.29 is 13.2 Å². The molecule has 1 atom stereocenters. The van der Waals surface area contributed by atoms with E-state index in [4.69, 9.17) is 0 Å². The average Bonchev–Trinajstić information content (AvgIpc) is 2.58. The molecular weight excluding hydrogens is 325 g/mol. The van der Waals surface area contributed by atoms with Gasteiger partial charge in [0.15, 0.2) is 0 Å². The van der Waals surface area contributed by atoms with E-state index in [1.54, 1.807) is 0 Å². The molecule has 1 aromatic rings. The lowest BCUT2D eigenvalue weighted by Crippen LogP contribution is -2.26. The number of aromatic nitrogens is 2. The second-order valence-electron chi connectivity index (χ2n) is 7.30. The molecule has 0 saturated heterocycles. The fourth-order valence-electron chi connectivity index (χ4n) is 3.22. The van der Waals surface area contributed by atoms with E-state index < -0.39 is 11.9 Å². The van der Waals surface area contributed by atoms with Crippen molar-refractivity contribution in [3.63, 3.8) is 0 Å². The predicted octanol–water partition coefficient (Wildman–Crippen LogP) is 7.08. The minimum Gasteiger partial charge on any atom is -0.241 e. The van der Waals surface area contributed by atoms with Gasteiger partial charge in [0.1, 0.15) is 11.5 Å². The zero-order chi connectivity index (χ0) is 18.8. The van der Waals surface area contributed by atoms with Gasteiger partial charge in [0.2, 0.25) is 0 Å². The first-order valence-corrected chi connectivity index (χ1v) is 9.74. The summed E-state index contributed by atoms with van der Waals surface area (Å²) in [6.45, 7) is 6.37. The summed E-state index contributed by atoms with van der Waals surface area (Å²) in [7, 11) is 0. The number of alkyl halides is 3. The Labute approximate surface area is 150 Å². The molecule has 2 nitrogen and oxygen atoms in total. The van der Waals surface area contributed by atoms with Gasteiger partial charge in [-0.25, -0.2) is 9.97 Å². The van der Waals surface area contributed by atoms with Crippen molar-refractivity contribution in [1.82, 2.24) is 9.97 Å². The summed E-state index contributed by atoms with van der Waals surface area (Å²) in [4.78, 5) is 8.12. The second kappa shape index (κ2) is 10.8. The summed E-state index contributed by atoms with van der Waals surface area (Å²) in [5.74, 6) is 0.356. The lowest BCUT2D eigenvalue weighted by molar-refractivity contribution is -0.141. The van der Waals surface area contributed by atoms with Crippen molar-refractivity contribution in [3.8, 4) is 0 Å². The standard InChI is InChI=1S/C20H33F3N2/c1-4-6-8-10-12-15-19(3,14-11-9-7-5-2)18-24-16-13-17(25-18)20(21,22)23/h13,16H,4-12,14-15H2,1-3H3. The van der Waals surface area contributed by atoms with Gasteiger partial charge in [-0.1, -0.05) is 78.6 Å². The molecule has 0 spiro atoms. The van der Waals surface area contributed by atoms with Crippen LogP contribution >= 0.6 is 0 Å². The van der Waals surface area contributed by atoms with Crippen molar-refractivity contribution in [1.29, 1.82) is 0 Å². The number of hydrogen-bond acceptors (Lipinski definition) is 2. The van der Waals surface area contributed by atoms with E-state index in [-0.39, 0.29) is 5.41 Å². The van der Waals surface area contributed by atoms with Crippen LogP contribution in [0.1, 0.15) is 103 Å². The molecule has 0 amide bonds. The Morgan fingerprint density at radius 3 is 1.88 bits per heavy atom. The Kier molecular flexibility index (Phi) is 9.44. The monoisotopic (exact) mass is 358 g/mol. The number of unbranched alkanes of at least 4 members (excludes halogenated alkanes) is 7. The molecule has 0 aromatic carbocycles. The third kappa shape index (κ3) is 7.74. The summed E-state index contributed by atoms with van der Waals surface area (Å²) in [6, 6.07) is 0.961. The molecule has 0 aliphatic carbocycles. The molecule has 0 bridgehead atoms. The van der Waals surface area contributed by atoms with E-state index in [1.807, 2.05) is 6.92 Å². The molecule has 0 aliphatic heterocycles. The van der Waals surface area contributed by atoms with Crippen LogP contribution < -0.4 is 0 Å². The summed E-state index contributed by atoms with van der Waals surface area (Å²) in [5.41, 5.74) is -1.20. The highest BCUT2D eigenvalue weighted by molar-refractivity contribution is 5.13. The van der Waals surface area contributed by atoms with Crippen molar-refractivity contribution >= 4 is 0 Å². The summed E-state index contributed by atoms with van der Waals surface area (Å²) in [6.07, 6.45) is 8.70. The highest BCUT2D eigenvalue weighted by Gasteiger charge is 2.35. The normalized spacial score (nSPS) is 14.5. The molecular formula is C20H33F3N2. The summed E-state index contributed by atoms with van der Waals surface area (Å²) < 4.78 is 39.0. The molecule has 0 N–H and O–H groups in total. The van der Waals surface area contributed by atoms with Crippen LogP contribution in [0.3, 0.4) is 0 Å². The van der Waals surface area contributed by atoms with E-state index >= 15 is 0 Å². The maximum absolute atomic E-state index is 13.0. The van der Waals surface area contributed by atoms with Gasteiger partial charge in [0, 0.05) is 11.6 Å². The molecule has 0 radical (unpaired) electrons. The third-order valence-corrected chi connectivity index (χ3v) is 4.90. The predicted molar refractivity (Wildman–Crippen MR) is 96.5 cm³/mol. The number of nitrogens with zero attached hydrogens (tertiary/aromatic N) is 2. The first-order chi connectivity index (χ1) is 11.8.